The molecule has 0 atom stereocenters. The number of rotatable bonds is 2. The largest absolute Gasteiger partial charge is 0.287 e. The molecule has 0 unspecified atom stereocenters. The minimum atomic E-state index is -0.0848. The van der Waals surface area contributed by atoms with Gasteiger partial charge < -0.3 is 0 Å². The molecule has 5 rings (SSSR count). The Kier molecular flexibility index (Phi) is 3.25. The van der Waals surface area contributed by atoms with Crippen LogP contribution in [0.3, 0.4) is 0 Å². The van der Waals surface area contributed by atoms with Crippen LogP contribution in [-0.4, -0.2) is 15.8 Å². The maximum absolute atomic E-state index is 13.1. The van der Waals surface area contributed by atoms with Crippen molar-refractivity contribution in [3.05, 3.63) is 96.4 Å². The predicted octanol–water partition coefficient (Wildman–Crippen LogP) is 5.17. The third kappa shape index (κ3) is 2.25. The van der Waals surface area contributed by atoms with E-state index in [2.05, 4.69) is 9.97 Å². The number of ketones is 1. The van der Waals surface area contributed by atoms with E-state index in [1.165, 1.54) is 0 Å². The summed E-state index contributed by atoms with van der Waals surface area (Å²) in [6.45, 7) is 0. The SMILES string of the molecule is O=C(c1ccc2ccccc2c1)c1nccc2c1cnc1ccccc12. The second-order valence-corrected chi connectivity index (χ2v) is 6.29. The van der Waals surface area contributed by atoms with Crippen LogP contribution in [0, 0.1) is 0 Å². The van der Waals surface area contributed by atoms with Gasteiger partial charge in [-0.1, -0.05) is 54.6 Å². The summed E-state index contributed by atoms with van der Waals surface area (Å²) in [6.07, 6.45) is 3.45. The lowest BCUT2D eigenvalue weighted by molar-refractivity contribution is 0.103. The number of hydrogen-bond donors (Lipinski definition) is 0. The predicted molar refractivity (Wildman–Crippen MR) is 104 cm³/mol. The Balaban J connectivity index is 1.72. The van der Waals surface area contributed by atoms with Crippen LogP contribution in [0.25, 0.3) is 32.4 Å². The Morgan fingerprint density at radius 3 is 2.42 bits per heavy atom. The van der Waals surface area contributed by atoms with Crippen molar-refractivity contribution in [2.75, 3.05) is 0 Å². The van der Waals surface area contributed by atoms with Gasteiger partial charge in [-0.25, -0.2) is 0 Å². The van der Waals surface area contributed by atoms with Gasteiger partial charge in [0.15, 0.2) is 0 Å². The first-order valence-electron chi connectivity index (χ1n) is 8.47. The summed E-state index contributed by atoms with van der Waals surface area (Å²) in [5.41, 5.74) is 1.99. The molecule has 0 N–H and O–H groups in total. The Morgan fingerprint density at radius 2 is 1.50 bits per heavy atom. The van der Waals surface area contributed by atoms with E-state index in [1.807, 2.05) is 72.8 Å². The van der Waals surface area contributed by atoms with Gasteiger partial charge in [0, 0.05) is 28.7 Å². The second kappa shape index (κ2) is 5.74. The number of pyridine rings is 2. The van der Waals surface area contributed by atoms with E-state index in [0.29, 0.717) is 11.3 Å². The average molecular weight is 334 g/mol. The van der Waals surface area contributed by atoms with Crippen molar-refractivity contribution in [3.8, 4) is 0 Å². The van der Waals surface area contributed by atoms with E-state index in [9.17, 15) is 4.79 Å². The summed E-state index contributed by atoms with van der Waals surface area (Å²) in [6, 6.07) is 23.7. The van der Waals surface area contributed by atoms with Crippen LogP contribution in [0.15, 0.2) is 85.2 Å². The van der Waals surface area contributed by atoms with Crippen LogP contribution in [0.2, 0.25) is 0 Å². The third-order valence-electron chi connectivity index (χ3n) is 4.74. The molecule has 0 fully saturated rings. The van der Waals surface area contributed by atoms with Crippen LogP contribution in [0.5, 0.6) is 0 Å². The van der Waals surface area contributed by atoms with Gasteiger partial charge >= 0.3 is 0 Å². The number of aromatic nitrogens is 2. The third-order valence-corrected chi connectivity index (χ3v) is 4.74. The zero-order chi connectivity index (χ0) is 17.5. The minimum absolute atomic E-state index is 0.0848. The molecule has 0 radical (unpaired) electrons. The van der Waals surface area contributed by atoms with E-state index >= 15 is 0 Å². The zero-order valence-corrected chi connectivity index (χ0v) is 13.9. The highest BCUT2D eigenvalue weighted by atomic mass is 16.1. The molecule has 2 heterocycles. The zero-order valence-electron chi connectivity index (χ0n) is 13.9. The first-order valence-corrected chi connectivity index (χ1v) is 8.47. The summed E-state index contributed by atoms with van der Waals surface area (Å²) in [4.78, 5) is 22.0. The molecule has 0 aliphatic carbocycles. The highest BCUT2D eigenvalue weighted by molar-refractivity contribution is 6.19. The summed E-state index contributed by atoms with van der Waals surface area (Å²) in [7, 11) is 0. The molecule has 0 bridgehead atoms. The van der Waals surface area contributed by atoms with Crippen molar-refractivity contribution in [2.24, 2.45) is 0 Å². The number of benzene rings is 3. The van der Waals surface area contributed by atoms with Gasteiger partial charge in [0.1, 0.15) is 5.69 Å². The molecular weight excluding hydrogens is 320 g/mol. The lowest BCUT2D eigenvalue weighted by Crippen LogP contribution is -2.05. The molecule has 0 saturated heterocycles. The van der Waals surface area contributed by atoms with Crippen molar-refractivity contribution in [1.82, 2.24) is 9.97 Å². The molecule has 0 amide bonds. The highest BCUT2D eigenvalue weighted by Gasteiger charge is 2.16. The van der Waals surface area contributed by atoms with Crippen molar-refractivity contribution in [3.63, 3.8) is 0 Å². The number of carbonyl (C=O) groups is 1. The quantitative estimate of drug-likeness (QED) is 0.330. The van der Waals surface area contributed by atoms with Gasteiger partial charge in [0.25, 0.3) is 0 Å². The van der Waals surface area contributed by atoms with Crippen LogP contribution in [-0.2, 0) is 0 Å². The van der Waals surface area contributed by atoms with Gasteiger partial charge in [-0.15, -0.1) is 0 Å². The van der Waals surface area contributed by atoms with Crippen LogP contribution >= 0.6 is 0 Å². The molecule has 0 aliphatic rings. The number of fused-ring (bicyclic) bond motifs is 4. The molecule has 3 nitrogen and oxygen atoms in total. The van der Waals surface area contributed by atoms with Crippen molar-refractivity contribution < 1.29 is 4.79 Å². The van der Waals surface area contributed by atoms with Gasteiger partial charge in [-0.05, 0) is 34.4 Å². The number of para-hydroxylation sites is 1. The fraction of sp³-hybridized carbons (Fsp3) is 0. The lowest BCUT2D eigenvalue weighted by atomic mass is 9.99. The van der Waals surface area contributed by atoms with Crippen molar-refractivity contribution in [2.45, 2.75) is 0 Å². The molecule has 2 aromatic heterocycles. The van der Waals surface area contributed by atoms with Crippen molar-refractivity contribution >= 4 is 38.2 Å². The van der Waals surface area contributed by atoms with Gasteiger partial charge in [-0.3, -0.25) is 14.8 Å². The Morgan fingerprint density at radius 1 is 0.692 bits per heavy atom. The van der Waals surface area contributed by atoms with Crippen LogP contribution < -0.4 is 0 Å². The number of carbonyl (C=O) groups excluding carboxylic acids is 1. The summed E-state index contributed by atoms with van der Waals surface area (Å²) >= 11 is 0. The molecule has 0 spiro atoms. The smallest absolute Gasteiger partial charge is 0.212 e. The van der Waals surface area contributed by atoms with E-state index in [0.717, 1.165) is 32.4 Å². The fourth-order valence-corrected chi connectivity index (χ4v) is 3.44. The molecule has 26 heavy (non-hydrogen) atoms. The highest BCUT2D eigenvalue weighted by Crippen LogP contribution is 2.26. The monoisotopic (exact) mass is 334 g/mol. The average Bonchev–Trinajstić information content (AvgIpc) is 2.72. The summed E-state index contributed by atoms with van der Waals surface area (Å²) in [5, 5.41) is 4.96. The lowest BCUT2D eigenvalue weighted by Gasteiger charge is -2.08. The maximum Gasteiger partial charge on any atom is 0.212 e. The molecule has 5 aromatic rings. The Hall–Kier alpha value is -3.59. The summed E-state index contributed by atoms with van der Waals surface area (Å²) in [5.74, 6) is -0.0848. The van der Waals surface area contributed by atoms with E-state index in [1.54, 1.807) is 12.4 Å². The fourth-order valence-electron chi connectivity index (χ4n) is 3.44. The van der Waals surface area contributed by atoms with Crippen LogP contribution in [0.4, 0.5) is 0 Å². The molecule has 0 aliphatic heterocycles. The van der Waals surface area contributed by atoms with Gasteiger partial charge in [-0.2, -0.15) is 0 Å². The topological polar surface area (TPSA) is 42.9 Å². The van der Waals surface area contributed by atoms with Gasteiger partial charge in [0.2, 0.25) is 5.78 Å². The van der Waals surface area contributed by atoms with E-state index < -0.39 is 0 Å². The normalized spacial score (nSPS) is 11.2. The number of nitrogens with zero attached hydrogens (tertiary/aromatic N) is 2. The maximum atomic E-state index is 13.1. The molecule has 3 aromatic carbocycles. The summed E-state index contributed by atoms with van der Waals surface area (Å²) < 4.78 is 0. The molecular formula is C23H14N2O. The van der Waals surface area contributed by atoms with Crippen LogP contribution in [0.1, 0.15) is 16.1 Å². The van der Waals surface area contributed by atoms with E-state index in [-0.39, 0.29) is 5.78 Å². The first-order chi connectivity index (χ1) is 12.8. The molecule has 122 valence electrons. The Bertz CT molecular complexity index is 1310. The van der Waals surface area contributed by atoms with Gasteiger partial charge in [0.05, 0.1) is 5.52 Å². The second-order valence-electron chi connectivity index (χ2n) is 6.29. The molecule has 3 heteroatoms. The minimum Gasteiger partial charge on any atom is -0.287 e. The first kappa shape index (κ1) is 14.7. The Labute approximate surface area is 149 Å². The van der Waals surface area contributed by atoms with Crippen molar-refractivity contribution in [1.29, 1.82) is 0 Å². The number of hydrogen-bond acceptors (Lipinski definition) is 3. The standard InChI is InChI=1S/C23H14N2O/c26-23(17-10-9-15-5-1-2-6-16(15)13-17)22-20-14-25-21-8-4-3-7-19(21)18(20)11-12-24-22/h1-14H. The molecule has 0 saturated carbocycles. The van der Waals surface area contributed by atoms with E-state index in [4.69, 9.17) is 0 Å².